The van der Waals surface area contributed by atoms with E-state index in [1.807, 2.05) is 11.4 Å². The van der Waals surface area contributed by atoms with Gasteiger partial charge in [-0.05, 0) is 43.0 Å². The van der Waals surface area contributed by atoms with Crippen LogP contribution in [-0.4, -0.2) is 42.4 Å². The average molecular weight is 357 g/mol. The highest BCUT2D eigenvalue weighted by Crippen LogP contribution is 2.25. The van der Waals surface area contributed by atoms with Crippen molar-refractivity contribution in [3.05, 3.63) is 52.2 Å². The summed E-state index contributed by atoms with van der Waals surface area (Å²) in [5.41, 5.74) is 1.62. The number of amides is 2. The molecule has 0 unspecified atom stereocenters. The molecule has 0 bridgehead atoms. The van der Waals surface area contributed by atoms with Gasteiger partial charge >= 0.3 is 0 Å². The van der Waals surface area contributed by atoms with Crippen LogP contribution in [0.5, 0.6) is 0 Å². The quantitative estimate of drug-likeness (QED) is 0.763. The topological polar surface area (TPSA) is 61.4 Å². The van der Waals surface area contributed by atoms with Crippen molar-refractivity contribution in [2.45, 2.75) is 25.8 Å². The van der Waals surface area contributed by atoms with E-state index in [-0.39, 0.29) is 11.8 Å². The van der Waals surface area contributed by atoms with Crippen molar-refractivity contribution in [1.29, 1.82) is 0 Å². The molecule has 0 atom stereocenters. The number of anilines is 1. The number of thiophene rings is 1. The lowest BCUT2D eigenvalue weighted by atomic mass is 10.1. The highest BCUT2D eigenvalue weighted by atomic mass is 32.1. The SMILES string of the molecule is CCN(CCNC(=O)c1ccccc1NC(=O)c1ccsc1)C1CC1. The first-order valence-electron chi connectivity index (χ1n) is 8.64. The summed E-state index contributed by atoms with van der Waals surface area (Å²) in [7, 11) is 0. The Kier molecular flexibility index (Phi) is 5.83. The van der Waals surface area contributed by atoms with Gasteiger partial charge in [0.05, 0.1) is 16.8 Å². The molecule has 0 spiro atoms. The molecular formula is C19H23N3O2S. The molecule has 0 radical (unpaired) electrons. The molecule has 1 aliphatic rings. The Morgan fingerprint density at radius 2 is 2.00 bits per heavy atom. The Hall–Kier alpha value is -2.18. The van der Waals surface area contributed by atoms with E-state index in [9.17, 15) is 9.59 Å². The van der Waals surface area contributed by atoms with E-state index in [1.54, 1.807) is 29.6 Å². The highest BCUT2D eigenvalue weighted by Gasteiger charge is 2.27. The lowest BCUT2D eigenvalue weighted by Gasteiger charge is -2.20. The Balaban J connectivity index is 1.59. The third-order valence-electron chi connectivity index (χ3n) is 4.36. The van der Waals surface area contributed by atoms with E-state index in [0.29, 0.717) is 29.4 Å². The van der Waals surface area contributed by atoms with Crippen LogP contribution in [0.1, 0.15) is 40.5 Å². The van der Waals surface area contributed by atoms with Crippen LogP contribution in [0.3, 0.4) is 0 Å². The van der Waals surface area contributed by atoms with Crippen molar-refractivity contribution in [2.24, 2.45) is 0 Å². The Bertz CT molecular complexity index is 726. The van der Waals surface area contributed by atoms with Gasteiger partial charge in [-0.2, -0.15) is 11.3 Å². The number of carbonyl (C=O) groups excluding carboxylic acids is 2. The summed E-state index contributed by atoms with van der Waals surface area (Å²) in [6.07, 6.45) is 2.53. The van der Waals surface area contributed by atoms with Crippen LogP contribution in [0.25, 0.3) is 0 Å². The molecule has 2 N–H and O–H groups in total. The second kappa shape index (κ2) is 8.27. The highest BCUT2D eigenvalue weighted by molar-refractivity contribution is 7.08. The summed E-state index contributed by atoms with van der Waals surface area (Å²) >= 11 is 1.47. The number of nitrogens with zero attached hydrogens (tertiary/aromatic N) is 1. The number of nitrogens with one attached hydrogen (secondary N) is 2. The molecular weight excluding hydrogens is 334 g/mol. The van der Waals surface area contributed by atoms with Gasteiger partial charge in [-0.3, -0.25) is 14.5 Å². The van der Waals surface area contributed by atoms with E-state index >= 15 is 0 Å². The number of likely N-dealkylation sites (N-methyl/N-ethyl adjacent to an activating group) is 1. The zero-order chi connectivity index (χ0) is 17.6. The molecule has 1 aromatic heterocycles. The van der Waals surface area contributed by atoms with E-state index in [1.165, 1.54) is 24.2 Å². The van der Waals surface area contributed by atoms with Crippen molar-refractivity contribution >= 4 is 28.8 Å². The molecule has 25 heavy (non-hydrogen) atoms. The molecule has 1 aliphatic carbocycles. The number of carbonyl (C=O) groups is 2. The maximum atomic E-state index is 12.5. The van der Waals surface area contributed by atoms with Gasteiger partial charge in [-0.1, -0.05) is 19.1 Å². The summed E-state index contributed by atoms with van der Waals surface area (Å²) in [4.78, 5) is 27.1. The van der Waals surface area contributed by atoms with E-state index in [4.69, 9.17) is 0 Å². The molecule has 6 heteroatoms. The molecule has 0 aliphatic heterocycles. The third kappa shape index (κ3) is 4.67. The monoisotopic (exact) mass is 357 g/mol. The normalized spacial score (nSPS) is 13.7. The van der Waals surface area contributed by atoms with Gasteiger partial charge in [0.1, 0.15) is 0 Å². The molecule has 5 nitrogen and oxygen atoms in total. The first-order chi connectivity index (χ1) is 12.2. The molecule has 132 valence electrons. The Labute approximate surface area is 152 Å². The van der Waals surface area contributed by atoms with Crippen LogP contribution in [0, 0.1) is 0 Å². The van der Waals surface area contributed by atoms with Crippen LogP contribution < -0.4 is 10.6 Å². The lowest BCUT2D eigenvalue weighted by molar-refractivity contribution is 0.0949. The van der Waals surface area contributed by atoms with E-state index in [0.717, 1.165) is 13.1 Å². The van der Waals surface area contributed by atoms with Crippen molar-refractivity contribution in [1.82, 2.24) is 10.2 Å². The van der Waals surface area contributed by atoms with Crippen LogP contribution in [-0.2, 0) is 0 Å². The van der Waals surface area contributed by atoms with Gasteiger partial charge in [0.25, 0.3) is 11.8 Å². The molecule has 3 rings (SSSR count). The lowest BCUT2D eigenvalue weighted by Crippen LogP contribution is -2.36. The van der Waals surface area contributed by atoms with Gasteiger partial charge in [-0.15, -0.1) is 0 Å². The minimum absolute atomic E-state index is 0.159. The zero-order valence-corrected chi connectivity index (χ0v) is 15.1. The Morgan fingerprint density at radius 3 is 2.68 bits per heavy atom. The minimum Gasteiger partial charge on any atom is -0.351 e. The molecule has 0 saturated heterocycles. The average Bonchev–Trinajstić information content (AvgIpc) is 3.31. The largest absolute Gasteiger partial charge is 0.351 e. The molecule has 1 saturated carbocycles. The van der Waals surface area contributed by atoms with Crippen LogP contribution in [0.2, 0.25) is 0 Å². The smallest absolute Gasteiger partial charge is 0.256 e. The van der Waals surface area contributed by atoms with Crippen molar-refractivity contribution in [2.75, 3.05) is 25.0 Å². The van der Waals surface area contributed by atoms with E-state index in [2.05, 4.69) is 22.5 Å². The summed E-state index contributed by atoms with van der Waals surface area (Å²) in [5.74, 6) is -0.361. The first-order valence-corrected chi connectivity index (χ1v) is 9.58. The summed E-state index contributed by atoms with van der Waals surface area (Å²) < 4.78 is 0. The second-order valence-corrected chi connectivity index (χ2v) is 6.91. The fourth-order valence-corrected chi connectivity index (χ4v) is 3.46. The molecule has 2 aromatic rings. The van der Waals surface area contributed by atoms with Crippen LogP contribution in [0.15, 0.2) is 41.1 Å². The van der Waals surface area contributed by atoms with Gasteiger partial charge in [0, 0.05) is 24.5 Å². The maximum absolute atomic E-state index is 12.5. The third-order valence-corrected chi connectivity index (χ3v) is 5.04. The van der Waals surface area contributed by atoms with Crippen LogP contribution in [0.4, 0.5) is 5.69 Å². The minimum atomic E-state index is -0.201. The molecule has 1 fully saturated rings. The van der Waals surface area contributed by atoms with Crippen molar-refractivity contribution in [3.8, 4) is 0 Å². The first kappa shape index (κ1) is 17.6. The van der Waals surface area contributed by atoms with Gasteiger partial charge in [0.2, 0.25) is 0 Å². The fraction of sp³-hybridized carbons (Fsp3) is 0.368. The van der Waals surface area contributed by atoms with Crippen LogP contribution >= 0.6 is 11.3 Å². The van der Waals surface area contributed by atoms with Gasteiger partial charge in [0.15, 0.2) is 0 Å². The van der Waals surface area contributed by atoms with E-state index < -0.39 is 0 Å². The second-order valence-electron chi connectivity index (χ2n) is 6.13. The number of rotatable bonds is 8. The zero-order valence-electron chi connectivity index (χ0n) is 14.3. The predicted molar refractivity (Wildman–Crippen MR) is 101 cm³/mol. The number of para-hydroxylation sites is 1. The predicted octanol–water partition coefficient (Wildman–Crippen LogP) is 3.21. The van der Waals surface area contributed by atoms with Crippen molar-refractivity contribution in [3.63, 3.8) is 0 Å². The summed E-state index contributed by atoms with van der Waals surface area (Å²) in [5, 5.41) is 9.43. The number of hydrogen-bond donors (Lipinski definition) is 2. The maximum Gasteiger partial charge on any atom is 0.256 e. The standard InChI is InChI=1S/C19H23N3O2S/c1-2-22(15-7-8-15)11-10-20-19(24)16-5-3-4-6-17(16)21-18(23)14-9-12-25-13-14/h3-6,9,12-13,15H,2,7-8,10-11H2,1H3,(H,20,24)(H,21,23). The summed E-state index contributed by atoms with van der Waals surface area (Å²) in [6, 6.07) is 9.56. The number of hydrogen-bond acceptors (Lipinski definition) is 4. The van der Waals surface area contributed by atoms with Gasteiger partial charge < -0.3 is 10.6 Å². The summed E-state index contributed by atoms with van der Waals surface area (Å²) in [6.45, 7) is 4.62. The fourth-order valence-electron chi connectivity index (χ4n) is 2.83. The number of benzene rings is 1. The van der Waals surface area contributed by atoms with Gasteiger partial charge in [-0.25, -0.2) is 0 Å². The molecule has 1 heterocycles. The van der Waals surface area contributed by atoms with Crippen molar-refractivity contribution < 1.29 is 9.59 Å². The molecule has 2 amide bonds. The molecule has 1 aromatic carbocycles. The Morgan fingerprint density at radius 1 is 1.20 bits per heavy atom.